The molecule has 0 amide bonds. The number of epoxide rings is 2. The Morgan fingerprint density at radius 1 is 0.821 bits per heavy atom. The predicted octanol–water partition coefficient (Wildman–Crippen LogP) is 4.99. The van der Waals surface area contributed by atoms with Crippen LogP contribution < -0.4 is 10.5 Å². The summed E-state index contributed by atoms with van der Waals surface area (Å²) in [6.07, 6.45) is 9.02. The summed E-state index contributed by atoms with van der Waals surface area (Å²) < 4.78 is 17.3. The van der Waals surface area contributed by atoms with Crippen molar-refractivity contribution in [1.29, 1.82) is 0 Å². The molecule has 0 spiro atoms. The molecule has 2 N–H and O–H groups in total. The highest BCUT2D eigenvalue weighted by molar-refractivity contribution is 5.58. The number of hydrogen-bond donors (Lipinski definition) is 1. The van der Waals surface area contributed by atoms with Gasteiger partial charge in [0.2, 0.25) is 0 Å². The lowest BCUT2D eigenvalue weighted by molar-refractivity contribution is 0.397. The van der Waals surface area contributed by atoms with E-state index < -0.39 is 0 Å². The highest BCUT2D eigenvalue weighted by Gasteiger charge is 2.30. The Balaban J connectivity index is 1.37. The Bertz CT molecular complexity index is 818. The molecule has 28 heavy (non-hydrogen) atoms. The number of nitrogens with two attached hydrogens (primary N) is 1. The monoisotopic (exact) mass is 379 g/mol. The zero-order valence-electron chi connectivity index (χ0n) is 16.4. The molecule has 1 saturated carbocycles. The topological polar surface area (TPSA) is 60.3 Å². The Morgan fingerprint density at radius 3 is 2.11 bits per heavy atom. The van der Waals surface area contributed by atoms with E-state index in [1.54, 1.807) is 0 Å². The van der Waals surface area contributed by atoms with Crippen LogP contribution in [0, 0.1) is 0 Å². The van der Waals surface area contributed by atoms with E-state index in [2.05, 4.69) is 24.3 Å². The molecule has 2 saturated heterocycles. The van der Waals surface area contributed by atoms with Gasteiger partial charge in [0.15, 0.2) is 0 Å². The van der Waals surface area contributed by atoms with E-state index in [0.717, 1.165) is 48.8 Å². The highest BCUT2D eigenvalue weighted by Crippen LogP contribution is 2.37. The molecule has 148 valence electrons. The van der Waals surface area contributed by atoms with Crippen molar-refractivity contribution in [3.05, 3.63) is 53.1 Å². The van der Waals surface area contributed by atoms with Crippen LogP contribution in [0.25, 0.3) is 0 Å². The fourth-order valence-electron chi connectivity index (χ4n) is 4.45. The van der Waals surface area contributed by atoms with E-state index in [1.165, 1.54) is 43.2 Å². The fraction of sp³-hybridized carbons (Fsp3) is 0.500. The predicted molar refractivity (Wildman–Crippen MR) is 110 cm³/mol. The lowest BCUT2D eigenvalue weighted by Gasteiger charge is -2.22. The first-order chi connectivity index (χ1) is 13.8. The molecule has 0 radical (unpaired) electrons. The van der Waals surface area contributed by atoms with Gasteiger partial charge in [-0.1, -0.05) is 31.4 Å². The molecule has 4 heteroatoms. The van der Waals surface area contributed by atoms with Crippen molar-refractivity contribution in [1.82, 2.24) is 0 Å². The molecular weight excluding hydrogens is 350 g/mol. The number of benzene rings is 2. The number of anilines is 1. The van der Waals surface area contributed by atoms with Crippen LogP contribution in [-0.4, -0.2) is 25.4 Å². The van der Waals surface area contributed by atoms with Crippen LogP contribution in [-0.2, 0) is 22.3 Å². The molecule has 2 aliphatic heterocycles. The van der Waals surface area contributed by atoms with Crippen LogP contribution in [0.2, 0.25) is 0 Å². The Kier molecular flexibility index (Phi) is 5.00. The van der Waals surface area contributed by atoms with Gasteiger partial charge >= 0.3 is 0 Å². The van der Waals surface area contributed by atoms with Crippen LogP contribution in [0.15, 0.2) is 36.4 Å². The Morgan fingerprint density at radius 2 is 1.46 bits per heavy atom. The van der Waals surface area contributed by atoms with Gasteiger partial charge in [0.1, 0.15) is 11.5 Å². The molecule has 0 bridgehead atoms. The highest BCUT2D eigenvalue weighted by atomic mass is 16.6. The van der Waals surface area contributed by atoms with E-state index in [0.29, 0.717) is 12.0 Å². The van der Waals surface area contributed by atoms with Crippen molar-refractivity contribution in [3.8, 4) is 11.5 Å². The second kappa shape index (κ2) is 7.76. The molecular formula is C24H29NO3. The number of hydrogen-bond acceptors (Lipinski definition) is 4. The average Bonchev–Trinajstić information content (AvgIpc) is 3.64. The van der Waals surface area contributed by atoms with Gasteiger partial charge in [-0.25, -0.2) is 0 Å². The molecule has 2 aromatic rings. The lowest BCUT2D eigenvalue weighted by atomic mass is 9.84. The maximum Gasteiger partial charge on any atom is 0.131 e. The van der Waals surface area contributed by atoms with Crippen molar-refractivity contribution in [2.75, 3.05) is 18.9 Å². The van der Waals surface area contributed by atoms with Crippen LogP contribution in [0.4, 0.5) is 5.69 Å². The van der Waals surface area contributed by atoms with Crippen molar-refractivity contribution >= 4 is 5.69 Å². The summed E-state index contributed by atoms with van der Waals surface area (Å²) in [7, 11) is 0. The van der Waals surface area contributed by atoms with Gasteiger partial charge in [0, 0.05) is 24.1 Å². The maximum absolute atomic E-state index is 6.33. The average molecular weight is 380 g/mol. The Labute approximate surface area is 167 Å². The summed E-state index contributed by atoms with van der Waals surface area (Å²) in [4.78, 5) is 0. The number of ether oxygens (including phenoxy) is 3. The molecule has 3 aliphatic rings. The summed E-state index contributed by atoms with van der Waals surface area (Å²) in [5, 5.41) is 0. The largest absolute Gasteiger partial charge is 0.457 e. The minimum absolute atomic E-state index is 0.289. The number of nitrogen functional groups attached to an aromatic ring is 1. The maximum atomic E-state index is 6.33. The van der Waals surface area contributed by atoms with E-state index in [9.17, 15) is 0 Å². The Hall–Kier alpha value is -2.04. The van der Waals surface area contributed by atoms with Crippen LogP contribution >= 0.6 is 0 Å². The minimum atomic E-state index is 0.289. The molecule has 2 heterocycles. The smallest absolute Gasteiger partial charge is 0.131 e. The van der Waals surface area contributed by atoms with Crippen molar-refractivity contribution in [3.63, 3.8) is 0 Å². The zero-order chi connectivity index (χ0) is 18.9. The SMILES string of the molecule is Nc1ccc(Oc2ccc(C3CCCCC3)cc2)c(CC2CO2)c1CC1CO1. The third-order valence-corrected chi connectivity index (χ3v) is 6.28. The molecule has 4 nitrogen and oxygen atoms in total. The molecule has 1 aliphatic carbocycles. The van der Waals surface area contributed by atoms with Gasteiger partial charge in [0.25, 0.3) is 0 Å². The van der Waals surface area contributed by atoms with E-state index >= 15 is 0 Å². The van der Waals surface area contributed by atoms with E-state index in [-0.39, 0.29) is 6.10 Å². The van der Waals surface area contributed by atoms with Gasteiger partial charge in [0.05, 0.1) is 25.4 Å². The molecule has 0 aromatic heterocycles. The number of rotatable bonds is 7. The van der Waals surface area contributed by atoms with Gasteiger partial charge in [-0.3, -0.25) is 0 Å². The summed E-state index contributed by atoms with van der Waals surface area (Å²) in [6, 6.07) is 12.7. The fourth-order valence-corrected chi connectivity index (χ4v) is 4.45. The summed E-state index contributed by atoms with van der Waals surface area (Å²) >= 11 is 0. The first-order valence-corrected chi connectivity index (χ1v) is 10.7. The summed E-state index contributed by atoms with van der Waals surface area (Å²) in [5.74, 6) is 2.49. The second-order valence-corrected chi connectivity index (χ2v) is 8.43. The first-order valence-electron chi connectivity index (χ1n) is 10.7. The molecule has 2 atom stereocenters. The standard InChI is InChI=1S/C24H29NO3/c25-23-10-11-24(22(13-20-15-27-20)21(23)12-19-14-26-19)28-18-8-6-17(7-9-18)16-4-2-1-3-5-16/h6-11,16,19-20H,1-5,12-15,25H2. The molecule has 3 fully saturated rings. The van der Waals surface area contributed by atoms with Crippen molar-refractivity contribution in [2.45, 2.75) is 63.1 Å². The summed E-state index contributed by atoms with van der Waals surface area (Å²) in [5.41, 5.74) is 10.9. The van der Waals surface area contributed by atoms with Crippen LogP contribution in [0.5, 0.6) is 11.5 Å². The third-order valence-electron chi connectivity index (χ3n) is 6.28. The van der Waals surface area contributed by atoms with E-state index in [1.807, 2.05) is 12.1 Å². The summed E-state index contributed by atoms with van der Waals surface area (Å²) in [6.45, 7) is 1.65. The van der Waals surface area contributed by atoms with Gasteiger partial charge < -0.3 is 19.9 Å². The van der Waals surface area contributed by atoms with Gasteiger partial charge in [-0.15, -0.1) is 0 Å². The molecule has 2 aromatic carbocycles. The lowest BCUT2D eigenvalue weighted by Crippen LogP contribution is -2.08. The van der Waals surface area contributed by atoms with Crippen molar-refractivity contribution in [2.24, 2.45) is 0 Å². The quantitative estimate of drug-likeness (QED) is 0.544. The van der Waals surface area contributed by atoms with Crippen LogP contribution in [0.1, 0.15) is 54.7 Å². The zero-order valence-corrected chi connectivity index (χ0v) is 16.4. The first kappa shape index (κ1) is 18.0. The molecule has 5 rings (SSSR count). The van der Waals surface area contributed by atoms with Crippen molar-refractivity contribution < 1.29 is 14.2 Å². The minimum Gasteiger partial charge on any atom is -0.457 e. The van der Waals surface area contributed by atoms with Gasteiger partial charge in [-0.05, 0) is 54.2 Å². The van der Waals surface area contributed by atoms with Gasteiger partial charge in [-0.2, -0.15) is 0 Å². The third kappa shape index (κ3) is 4.18. The molecule has 2 unspecified atom stereocenters. The van der Waals surface area contributed by atoms with E-state index in [4.69, 9.17) is 19.9 Å². The normalized spacial score (nSPS) is 24.1. The second-order valence-electron chi connectivity index (χ2n) is 8.43. The van der Waals surface area contributed by atoms with Crippen LogP contribution in [0.3, 0.4) is 0 Å².